The van der Waals surface area contributed by atoms with Crippen molar-refractivity contribution in [2.24, 2.45) is 0 Å². The van der Waals surface area contributed by atoms with Gasteiger partial charge < -0.3 is 14.8 Å². The standard InChI is InChI=1S/C23H22ClN3O3/c1-16(15-29-2)30-20-12-17(7-8-18-5-3-4-6-21(18)24)11-19(13-20)23(28)27-22-14-25-9-10-26-22/h3-14,16H,15H2,1-2H3,(H,26,27,28)/t16-/m0/s1. The number of halogens is 1. The Hall–Kier alpha value is -3.22. The van der Waals surface area contributed by atoms with Gasteiger partial charge in [0.25, 0.3) is 5.91 Å². The predicted molar refractivity (Wildman–Crippen MR) is 119 cm³/mol. The number of anilines is 1. The monoisotopic (exact) mass is 423 g/mol. The molecule has 6 nitrogen and oxygen atoms in total. The minimum absolute atomic E-state index is 0.173. The van der Waals surface area contributed by atoms with Crippen LogP contribution in [0.1, 0.15) is 28.4 Å². The van der Waals surface area contributed by atoms with Crippen molar-refractivity contribution in [3.8, 4) is 5.75 Å². The molecule has 0 radical (unpaired) electrons. The molecule has 1 amide bonds. The number of ether oxygens (including phenoxy) is 2. The number of carbonyl (C=O) groups is 1. The van der Waals surface area contributed by atoms with Crippen LogP contribution in [-0.4, -0.2) is 35.7 Å². The van der Waals surface area contributed by atoms with E-state index in [1.165, 1.54) is 12.4 Å². The molecule has 3 rings (SSSR count). The van der Waals surface area contributed by atoms with Crippen LogP contribution in [0.2, 0.25) is 5.02 Å². The summed E-state index contributed by atoms with van der Waals surface area (Å²) < 4.78 is 11.1. The summed E-state index contributed by atoms with van der Waals surface area (Å²) in [5.41, 5.74) is 2.10. The third kappa shape index (κ3) is 6.14. The van der Waals surface area contributed by atoms with Crippen molar-refractivity contribution in [2.75, 3.05) is 19.0 Å². The Morgan fingerprint density at radius 3 is 2.77 bits per heavy atom. The van der Waals surface area contributed by atoms with Gasteiger partial charge in [-0.3, -0.25) is 9.78 Å². The van der Waals surface area contributed by atoms with Crippen molar-refractivity contribution in [1.29, 1.82) is 0 Å². The molecule has 1 N–H and O–H groups in total. The van der Waals surface area contributed by atoms with Gasteiger partial charge in [0.15, 0.2) is 5.82 Å². The van der Waals surface area contributed by atoms with Crippen LogP contribution in [0.4, 0.5) is 5.82 Å². The molecule has 1 aromatic heterocycles. The quantitative estimate of drug-likeness (QED) is 0.518. The van der Waals surface area contributed by atoms with Crippen molar-refractivity contribution in [3.05, 3.63) is 82.8 Å². The fraction of sp³-hybridized carbons (Fsp3) is 0.174. The Balaban J connectivity index is 1.89. The molecule has 154 valence electrons. The number of hydrogen-bond donors (Lipinski definition) is 1. The molecule has 0 aliphatic carbocycles. The number of nitrogens with one attached hydrogen (secondary N) is 1. The van der Waals surface area contributed by atoms with E-state index < -0.39 is 0 Å². The highest BCUT2D eigenvalue weighted by molar-refractivity contribution is 6.32. The lowest BCUT2D eigenvalue weighted by molar-refractivity contribution is 0.0917. The zero-order chi connectivity index (χ0) is 21.3. The van der Waals surface area contributed by atoms with E-state index in [2.05, 4.69) is 15.3 Å². The van der Waals surface area contributed by atoms with Gasteiger partial charge in [-0.25, -0.2) is 4.98 Å². The number of nitrogens with zero attached hydrogens (tertiary/aromatic N) is 2. The van der Waals surface area contributed by atoms with Crippen LogP contribution in [-0.2, 0) is 4.74 Å². The summed E-state index contributed by atoms with van der Waals surface area (Å²) >= 11 is 6.23. The molecule has 0 saturated heterocycles. The number of methoxy groups -OCH3 is 1. The van der Waals surface area contributed by atoms with Crippen molar-refractivity contribution < 1.29 is 14.3 Å². The zero-order valence-electron chi connectivity index (χ0n) is 16.7. The summed E-state index contributed by atoms with van der Waals surface area (Å²) in [4.78, 5) is 20.8. The van der Waals surface area contributed by atoms with E-state index in [-0.39, 0.29) is 12.0 Å². The first-order valence-electron chi connectivity index (χ1n) is 9.36. The highest BCUT2D eigenvalue weighted by Crippen LogP contribution is 2.23. The summed E-state index contributed by atoms with van der Waals surface area (Å²) in [6, 6.07) is 12.8. The maximum atomic E-state index is 12.8. The van der Waals surface area contributed by atoms with Gasteiger partial charge in [-0.05, 0) is 42.3 Å². The number of amides is 1. The molecule has 30 heavy (non-hydrogen) atoms. The Labute approximate surface area is 180 Å². The molecule has 0 aliphatic rings. The fourth-order valence-electron chi connectivity index (χ4n) is 2.77. The van der Waals surface area contributed by atoms with Crippen molar-refractivity contribution >= 4 is 35.5 Å². The Morgan fingerprint density at radius 2 is 2.03 bits per heavy atom. The molecule has 0 fully saturated rings. The molecule has 2 aromatic carbocycles. The number of carbonyl (C=O) groups excluding carboxylic acids is 1. The molecule has 1 heterocycles. The van der Waals surface area contributed by atoms with E-state index in [0.29, 0.717) is 28.8 Å². The Kier molecular flexibility index (Phi) is 7.54. The van der Waals surface area contributed by atoms with Crippen molar-refractivity contribution in [3.63, 3.8) is 0 Å². The van der Waals surface area contributed by atoms with Gasteiger partial charge in [-0.1, -0.05) is 42.0 Å². The van der Waals surface area contributed by atoms with Gasteiger partial charge in [0.2, 0.25) is 0 Å². The van der Waals surface area contributed by atoms with E-state index in [0.717, 1.165) is 11.1 Å². The summed E-state index contributed by atoms with van der Waals surface area (Å²) in [6.07, 6.45) is 8.14. The summed E-state index contributed by atoms with van der Waals surface area (Å²) in [6.45, 7) is 2.33. The van der Waals surface area contributed by atoms with Gasteiger partial charge >= 0.3 is 0 Å². The zero-order valence-corrected chi connectivity index (χ0v) is 17.5. The largest absolute Gasteiger partial charge is 0.488 e. The minimum atomic E-state index is -0.312. The molecule has 7 heteroatoms. The van der Waals surface area contributed by atoms with Crippen molar-refractivity contribution in [1.82, 2.24) is 9.97 Å². The van der Waals surface area contributed by atoms with Crippen LogP contribution in [0.25, 0.3) is 12.2 Å². The van der Waals surface area contributed by atoms with Crippen LogP contribution >= 0.6 is 11.6 Å². The number of rotatable bonds is 8. The molecular formula is C23H22ClN3O3. The van der Waals surface area contributed by atoms with Gasteiger partial charge in [0.05, 0.1) is 12.8 Å². The van der Waals surface area contributed by atoms with Crippen LogP contribution in [0.15, 0.2) is 61.1 Å². The lowest BCUT2D eigenvalue weighted by Gasteiger charge is -2.15. The first kappa shape index (κ1) is 21.5. The van der Waals surface area contributed by atoms with Gasteiger partial charge in [0, 0.05) is 30.1 Å². The summed E-state index contributed by atoms with van der Waals surface area (Å²) in [5.74, 6) is 0.618. The molecule has 0 aliphatic heterocycles. The maximum absolute atomic E-state index is 12.8. The van der Waals surface area contributed by atoms with Crippen molar-refractivity contribution in [2.45, 2.75) is 13.0 Å². The number of benzene rings is 2. The van der Waals surface area contributed by atoms with E-state index in [4.69, 9.17) is 21.1 Å². The summed E-state index contributed by atoms with van der Waals surface area (Å²) in [7, 11) is 1.61. The third-order valence-electron chi connectivity index (χ3n) is 4.10. The molecule has 3 aromatic rings. The smallest absolute Gasteiger partial charge is 0.257 e. The SMILES string of the molecule is COC[C@H](C)Oc1cc(C=Cc2ccccc2Cl)cc(C(=O)Nc2cnccn2)c1. The predicted octanol–water partition coefficient (Wildman–Crippen LogP) is 4.97. The third-order valence-corrected chi connectivity index (χ3v) is 4.44. The molecule has 0 unspecified atom stereocenters. The highest BCUT2D eigenvalue weighted by Gasteiger charge is 2.12. The summed E-state index contributed by atoms with van der Waals surface area (Å²) in [5, 5.41) is 3.38. The van der Waals surface area contributed by atoms with E-state index in [1.807, 2.05) is 49.4 Å². The maximum Gasteiger partial charge on any atom is 0.257 e. The molecule has 0 saturated carbocycles. The van der Waals surface area contributed by atoms with Gasteiger partial charge in [-0.15, -0.1) is 0 Å². The molecule has 0 spiro atoms. The average molecular weight is 424 g/mol. The minimum Gasteiger partial charge on any atom is -0.488 e. The lowest BCUT2D eigenvalue weighted by Crippen LogP contribution is -2.19. The molecule has 0 bridgehead atoms. The number of hydrogen-bond acceptors (Lipinski definition) is 5. The second-order valence-corrected chi connectivity index (χ2v) is 6.98. The topological polar surface area (TPSA) is 73.3 Å². The first-order valence-corrected chi connectivity index (χ1v) is 9.73. The van der Waals surface area contributed by atoms with Crippen LogP contribution in [0.3, 0.4) is 0 Å². The number of aromatic nitrogens is 2. The molecular weight excluding hydrogens is 402 g/mol. The normalized spacial score (nSPS) is 12.0. The average Bonchev–Trinajstić information content (AvgIpc) is 2.74. The second kappa shape index (κ2) is 10.5. The van der Waals surface area contributed by atoms with Crippen LogP contribution < -0.4 is 10.1 Å². The van der Waals surface area contributed by atoms with E-state index in [9.17, 15) is 4.79 Å². The Bertz CT molecular complexity index is 1030. The van der Waals surface area contributed by atoms with Crippen LogP contribution in [0, 0.1) is 0 Å². The van der Waals surface area contributed by atoms with Crippen LogP contribution in [0.5, 0.6) is 5.75 Å². The lowest BCUT2D eigenvalue weighted by atomic mass is 10.1. The fourth-order valence-corrected chi connectivity index (χ4v) is 2.97. The second-order valence-electron chi connectivity index (χ2n) is 6.57. The van der Waals surface area contributed by atoms with Gasteiger partial charge in [-0.2, -0.15) is 0 Å². The highest BCUT2D eigenvalue weighted by atomic mass is 35.5. The van der Waals surface area contributed by atoms with E-state index >= 15 is 0 Å². The molecule has 1 atom stereocenters. The first-order chi connectivity index (χ1) is 14.5. The van der Waals surface area contributed by atoms with E-state index in [1.54, 1.807) is 25.4 Å². The van der Waals surface area contributed by atoms with Gasteiger partial charge in [0.1, 0.15) is 11.9 Å². The Morgan fingerprint density at radius 1 is 1.20 bits per heavy atom.